The van der Waals surface area contributed by atoms with Crippen LogP contribution in [0, 0.1) is 0 Å². The van der Waals surface area contributed by atoms with E-state index in [-0.39, 0.29) is 6.04 Å². The van der Waals surface area contributed by atoms with Gasteiger partial charge in [0.25, 0.3) is 0 Å². The van der Waals surface area contributed by atoms with Crippen molar-refractivity contribution in [3.8, 4) is 0 Å². The van der Waals surface area contributed by atoms with Crippen LogP contribution in [-0.4, -0.2) is 7.05 Å². The normalized spacial score (nSPS) is 12.5. The lowest BCUT2D eigenvalue weighted by atomic mass is 9.99. The zero-order valence-corrected chi connectivity index (χ0v) is 13.9. The first-order valence-electron chi connectivity index (χ1n) is 5.60. The van der Waals surface area contributed by atoms with Gasteiger partial charge in [0.1, 0.15) is 0 Å². The predicted molar refractivity (Wildman–Crippen MR) is 86.5 cm³/mol. The van der Waals surface area contributed by atoms with E-state index in [0.717, 1.165) is 15.6 Å². The Morgan fingerprint density at radius 3 is 2.42 bits per heavy atom. The molecular formula is C14H11BrCl3N. The SMILES string of the molecule is CNC(c1ccc(Cl)c(Cl)c1)c1cccc(Br)c1Cl. The van der Waals surface area contributed by atoms with Crippen molar-refractivity contribution in [3.63, 3.8) is 0 Å². The number of rotatable bonds is 3. The predicted octanol–water partition coefficient (Wildman–Crippen LogP) is 5.72. The Kier molecular flexibility index (Phi) is 5.15. The molecule has 0 heterocycles. The molecule has 0 saturated heterocycles. The molecule has 0 aromatic heterocycles. The molecule has 0 aliphatic heterocycles. The van der Waals surface area contributed by atoms with Gasteiger partial charge in [0.05, 0.1) is 21.1 Å². The number of benzene rings is 2. The Labute approximate surface area is 136 Å². The minimum absolute atomic E-state index is 0.0419. The van der Waals surface area contributed by atoms with Crippen molar-refractivity contribution in [1.29, 1.82) is 0 Å². The van der Waals surface area contributed by atoms with Crippen LogP contribution in [0.15, 0.2) is 40.9 Å². The van der Waals surface area contributed by atoms with Crippen molar-refractivity contribution in [1.82, 2.24) is 5.32 Å². The summed E-state index contributed by atoms with van der Waals surface area (Å²) in [6.07, 6.45) is 0. The summed E-state index contributed by atoms with van der Waals surface area (Å²) >= 11 is 21.8. The zero-order valence-electron chi connectivity index (χ0n) is 10.1. The maximum atomic E-state index is 6.34. The average Bonchev–Trinajstić information content (AvgIpc) is 2.39. The summed E-state index contributed by atoms with van der Waals surface area (Å²) in [4.78, 5) is 0. The smallest absolute Gasteiger partial charge is 0.0599 e. The van der Waals surface area contributed by atoms with Crippen LogP contribution in [0.25, 0.3) is 0 Å². The molecule has 19 heavy (non-hydrogen) atoms. The van der Waals surface area contributed by atoms with Gasteiger partial charge in [-0.2, -0.15) is 0 Å². The van der Waals surface area contributed by atoms with Crippen LogP contribution < -0.4 is 5.32 Å². The van der Waals surface area contributed by atoms with Gasteiger partial charge in [0.2, 0.25) is 0 Å². The summed E-state index contributed by atoms with van der Waals surface area (Å²) in [6.45, 7) is 0. The van der Waals surface area contributed by atoms with Gasteiger partial charge in [-0.15, -0.1) is 0 Å². The van der Waals surface area contributed by atoms with Gasteiger partial charge in [0, 0.05) is 4.47 Å². The van der Waals surface area contributed by atoms with Gasteiger partial charge in [-0.3, -0.25) is 0 Å². The Morgan fingerprint density at radius 1 is 1.05 bits per heavy atom. The van der Waals surface area contributed by atoms with E-state index in [0.29, 0.717) is 15.1 Å². The second-order valence-corrected chi connectivity index (χ2v) is 6.08. The highest BCUT2D eigenvalue weighted by Gasteiger charge is 2.17. The minimum Gasteiger partial charge on any atom is -0.309 e. The summed E-state index contributed by atoms with van der Waals surface area (Å²) in [6, 6.07) is 11.4. The summed E-state index contributed by atoms with van der Waals surface area (Å²) < 4.78 is 0.868. The Balaban J connectivity index is 2.50. The molecule has 2 aromatic rings. The van der Waals surface area contributed by atoms with Gasteiger partial charge >= 0.3 is 0 Å². The maximum absolute atomic E-state index is 6.34. The molecule has 100 valence electrons. The number of hydrogen-bond acceptors (Lipinski definition) is 1. The highest BCUT2D eigenvalue weighted by atomic mass is 79.9. The van der Waals surface area contributed by atoms with Crippen LogP contribution in [0.3, 0.4) is 0 Å². The topological polar surface area (TPSA) is 12.0 Å². The molecule has 5 heteroatoms. The fourth-order valence-electron chi connectivity index (χ4n) is 1.94. The van der Waals surface area contributed by atoms with E-state index in [1.807, 2.05) is 37.4 Å². The van der Waals surface area contributed by atoms with Crippen LogP contribution in [0.4, 0.5) is 0 Å². The lowest BCUT2D eigenvalue weighted by molar-refractivity contribution is 0.692. The first kappa shape index (κ1) is 15.1. The van der Waals surface area contributed by atoms with E-state index in [1.54, 1.807) is 6.07 Å². The fraction of sp³-hybridized carbons (Fsp3) is 0.143. The maximum Gasteiger partial charge on any atom is 0.0599 e. The molecule has 0 bridgehead atoms. The average molecular weight is 380 g/mol. The van der Waals surface area contributed by atoms with E-state index >= 15 is 0 Å². The highest BCUT2D eigenvalue weighted by Crippen LogP contribution is 2.35. The summed E-state index contributed by atoms with van der Waals surface area (Å²) in [5, 5.41) is 5.01. The molecule has 1 atom stereocenters. The Bertz CT molecular complexity index is 601. The molecule has 0 amide bonds. The number of nitrogens with one attached hydrogen (secondary N) is 1. The van der Waals surface area contributed by atoms with Crippen LogP contribution in [0.1, 0.15) is 17.2 Å². The lowest BCUT2D eigenvalue weighted by Crippen LogP contribution is -2.18. The van der Waals surface area contributed by atoms with Crippen LogP contribution in [-0.2, 0) is 0 Å². The molecule has 0 fully saturated rings. The van der Waals surface area contributed by atoms with E-state index in [4.69, 9.17) is 34.8 Å². The second kappa shape index (κ2) is 6.47. The van der Waals surface area contributed by atoms with Gasteiger partial charge in [-0.05, 0) is 52.3 Å². The van der Waals surface area contributed by atoms with Crippen molar-refractivity contribution in [2.45, 2.75) is 6.04 Å². The molecule has 2 aromatic carbocycles. The van der Waals surface area contributed by atoms with Crippen LogP contribution in [0.2, 0.25) is 15.1 Å². The van der Waals surface area contributed by atoms with Crippen LogP contribution >= 0.6 is 50.7 Å². The van der Waals surface area contributed by atoms with E-state index in [1.165, 1.54) is 0 Å². The molecule has 2 rings (SSSR count). The molecule has 0 aliphatic carbocycles. The molecular weight excluding hydrogens is 368 g/mol. The summed E-state index contributed by atoms with van der Waals surface area (Å²) in [7, 11) is 1.88. The highest BCUT2D eigenvalue weighted by molar-refractivity contribution is 9.10. The van der Waals surface area contributed by atoms with E-state index < -0.39 is 0 Å². The summed E-state index contributed by atoms with van der Waals surface area (Å²) in [5.74, 6) is 0. The molecule has 1 nitrogen and oxygen atoms in total. The number of hydrogen-bond donors (Lipinski definition) is 1. The quantitative estimate of drug-likeness (QED) is 0.719. The monoisotopic (exact) mass is 377 g/mol. The first-order valence-corrected chi connectivity index (χ1v) is 7.53. The largest absolute Gasteiger partial charge is 0.309 e. The van der Waals surface area contributed by atoms with Gasteiger partial charge in [0.15, 0.2) is 0 Å². The molecule has 0 saturated carbocycles. The Hall–Kier alpha value is -0.250. The van der Waals surface area contributed by atoms with E-state index in [2.05, 4.69) is 21.2 Å². The fourth-order valence-corrected chi connectivity index (χ4v) is 2.86. The third kappa shape index (κ3) is 3.26. The number of halogens is 4. The standard InChI is InChI=1S/C14H11BrCl3N/c1-19-14(8-5-6-11(16)12(17)7-8)9-3-2-4-10(15)13(9)18/h2-7,14,19H,1H3. The molecule has 0 radical (unpaired) electrons. The minimum atomic E-state index is -0.0419. The molecule has 1 N–H and O–H groups in total. The first-order chi connectivity index (χ1) is 9.04. The van der Waals surface area contributed by atoms with Crippen molar-refractivity contribution in [3.05, 3.63) is 67.1 Å². The molecule has 0 spiro atoms. The summed E-state index contributed by atoms with van der Waals surface area (Å²) in [5.41, 5.74) is 1.99. The lowest BCUT2D eigenvalue weighted by Gasteiger charge is -2.19. The van der Waals surface area contributed by atoms with Gasteiger partial charge in [-0.25, -0.2) is 0 Å². The van der Waals surface area contributed by atoms with Crippen molar-refractivity contribution < 1.29 is 0 Å². The van der Waals surface area contributed by atoms with E-state index in [9.17, 15) is 0 Å². The van der Waals surface area contributed by atoms with Crippen LogP contribution in [0.5, 0.6) is 0 Å². The van der Waals surface area contributed by atoms with Gasteiger partial charge < -0.3 is 5.32 Å². The Morgan fingerprint density at radius 2 is 1.79 bits per heavy atom. The van der Waals surface area contributed by atoms with Crippen molar-refractivity contribution >= 4 is 50.7 Å². The van der Waals surface area contributed by atoms with Crippen molar-refractivity contribution in [2.24, 2.45) is 0 Å². The third-order valence-electron chi connectivity index (χ3n) is 2.86. The molecule has 1 unspecified atom stereocenters. The van der Waals surface area contributed by atoms with Gasteiger partial charge in [-0.1, -0.05) is 53.0 Å². The van der Waals surface area contributed by atoms with Crippen molar-refractivity contribution in [2.75, 3.05) is 7.05 Å². The zero-order chi connectivity index (χ0) is 14.0. The molecule has 0 aliphatic rings. The third-order valence-corrected chi connectivity index (χ3v) is 4.91. The second-order valence-electron chi connectivity index (χ2n) is 4.04.